The highest BCUT2D eigenvalue weighted by Gasteiger charge is 2.20. The molecule has 0 atom stereocenters. The first kappa shape index (κ1) is 15.6. The number of fused-ring (bicyclic) bond motifs is 2. The van der Waals surface area contributed by atoms with Gasteiger partial charge in [0.15, 0.2) is 35.3 Å². The van der Waals surface area contributed by atoms with E-state index in [1.807, 2.05) is 22.8 Å². The van der Waals surface area contributed by atoms with Crippen LogP contribution in [0.15, 0.2) is 55.1 Å². The average Bonchev–Trinajstić information content (AvgIpc) is 2.95. The standard InChI is InChI=1S/C19H11F2N5O/c20-15-5-4-13-12(8-25(27)10-14(13)16(15)21)9-26-18(11-2-1-3-11)24-17-19(26)23-7-6-22-17/h1-8,10H,9H2. The van der Waals surface area contributed by atoms with Crippen LogP contribution in [-0.4, -0.2) is 19.5 Å². The Kier molecular flexibility index (Phi) is 3.27. The van der Waals surface area contributed by atoms with Gasteiger partial charge in [-0.2, -0.15) is 4.73 Å². The van der Waals surface area contributed by atoms with Crippen molar-refractivity contribution in [3.05, 3.63) is 83.4 Å². The lowest BCUT2D eigenvalue weighted by Crippen LogP contribution is -2.26. The minimum absolute atomic E-state index is 0.0673. The van der Waals surface area contributed by atoms with Gasteiger partial charge in [0.25, 0.3) is 0 Å². The Morgan fingerprint density at radius 3 is 2.67 bits per heavy atom. The molecule has 0 radical (unpaired) electrons. The largest absolute Gasteiger partial charge is 0.619 e. The van der Waals surface area contributed by atoms with Crippen LogP contribution in [0.25, 0.3) is 27.6 Å². The average molecular weight is 363 g/mol. The lowest BCUT2D eigenvalue weighted by Gasteiger charge is -2.13. The molecule has 1 aliphatic carbocycles. The fourth-order valence-electron chi connectivity index (χ4n) is 3.22. The van der Waals surface area contributed by atoms with Crippen molar-refractivity contribution < 1.29 is 13.5 Å². The van der Waals surface area contributed by atoms with Gasteiger partial charge in [0.05, 0.1) is 11.9 Å². The maximum atomic E-state index is 14.2. The third-order valence-corrected chi connectivity index (χ3v) is 4.54. The smallest absolute Gasteiger partial charge is 0.198 e. The van der Waals surface area contributed by atoms with Gasteiger partial charge < -0.3 is 9.77 Å². The summed E-state index contributed by atoms with van der Waals surface area (Å²) in [6, 6.07) is 2.52. The molecule has 132 valence electrons. The summed E-state index contributed by atoms with van der Waals surface area (Å²) in [7, 11) is 0. The molecule has 0 saturated heterocycles. The molecule has 5 rings (SSSR count). The third-order valence-electron chi connectivity index (χ3n) is 4.54. The third kappa shape index (κ3) is 2.37. The number of allylic oxidation sites excluding steroid dienone is 4. The summed E-state index contributed by atoms with van der Waals surface area (Å²) in [6.45, 7) is 0.209. The van der Waals surface area contributed by atoms with E-state index in [1.165, 1.54) is 12.3 Å². The van der Waals surface area contributed by atoms with Gasteiger partial charge in [0, 0.05) is 28.9 Å². The van der Waals surface area contributed by atoms with Crippen molar-refractivity contribution >= 4 is 27.6 Å². The summed E-state index contributed by atoms with van der Waals surface area (Å²) in [5.41, 5.74) is 2.45. The van der Waals surface area contributed by atoms with Gasteiger partial charge in [-0.15, -0.1) is 0 Å². The number of halogens is 2. The zero-order valence-corrected chi connectivity index (χ0v) is 13.8. The number of imidazole rings is 1. The van der Waals surface area contributed by atoms with Gasteiger partial charge >= 0.3 is 0 Å². The van der Waals surface area contributed by atoms with Crippen LogP contribution in [0.5, 0.6) is 0 Å². The summed E-state index contributed by atoms with van der Waals surface area (Å²) in [4.78, 5) is 13.1. The normalized spacial score (nSPS) is 13.2. The second kappa shape index (κ2) is 5.66. The molecule has 4 aromatic rings. The first-order valence-corrected chi connectivity index (χ1v) is 8.17. The summed E-state index contributed by atoms with van der Waals surface area (Å²) in [5.74, 6) is -1.39. The first-order chi connectivity index (χ1) is 13.1. The Morgan fingerprint density at radius 2 is 1.89 bits per heavy atom. The molecule has 0 aliphatic heterocycles. The lowest BCUT2D eigenvalue weighted by atomic mass is 10.1. The minimum Gasteiger partial charge on any atom is -0.619 e. The maximum absolute atomic E-state index is 14.2. The predicted octanol–water partition coefficient (Wildman–Crippen LogP) is 2.89. The van der Waals surface area contributed by atoms with E-state index in [-0.39, 0.29) is 11.9 Å². The molecule has 0 saturated carbocycles. The van der Waals surface area contributed by atoms with Crippen LogP contribution in [0.3, 0.4) is 0 Å². The maximum Gasteiger partial charge on any atom is 0.198 e. The fraction of sp³-hybridized carbons (Fsp3) is 0.0526. The van der Waals surface area contributed by atoms with Crippen LogP contribution in [0.2, 0.25) is 0 Å². The van der Waals surface area contributed by atoms with Crippen LogP contribution < -0.4 is 4.73 Å². The molecule has 0 amide bonds. The molecule has 6 nitrogen and oxygen atoms in total. The SMILES string of the molecule is [O-][n+]1cc(Cn2c(C3=CC=C3)nc3nccnc32)c2ccc(F)c(F)c2c1. The quantitative estimate of drug-likeness (QED) is 0.415. The van der Waals surface area contributed by atoms with E-state index in [1.54, 1.807) is 12.4 Å². The fourth-order valence-corrected chi connectivity index (χ4v) is 3.22. The second-order valence-corrected chi connectivity index (χ2v) is 6.17. The zero-order chi connectivity index (χ0) is 18.5. The van der Waals surface area contributed by atoms with Crippen molar-refractivity contribution in [2.45, 2.75) is 6.54 Å². The predicted molar refractivity (Wildman–Crippen MR) is 94.4 cm³/mol. The van der Waals surface area contributed by atoms with Crippen molar-refractivity contribution in [3.63, 3.8) is 0 Å². The Balaban J connectivity index is 1.74. The zero-order valence-electron chi connectivity index (χ0n) is 13.8. The topological polar surface area (TPSA) is 70.5 Å². The van der Waals surface area contributed by atoms with Crippen molar-refractivity contribution in [2.24, 2.45) is 0 Å². The summed E-state index contributed by atoms with van der Waals surface area (Å²) in [5, 5.41) is 12.4. The lowest BCUT2D eigenvalue weighted by molar-refractivity contribution is -0.604. The first-order valence-electron chi connectivity index (χ1n) is 8.17. The minimum atomic E-state index is -1.04. The van der Waals surface area contributed by atoms with Gasteiger partial charge in [-0.25, -0.2) is 23.7 Å². The Bertz CT molecular complexity index is 1290. The van der Waals surface area contributed by atoms with Crippen molar-refractivity contribution in [3.8, 4) is 0 Å². The molecular weight excluding hydrogens is 352 g/mol. The van der Waals surface area contributed by atoms with E-state index in [0.29, 0.717) is 32.8 Å². The number of rotatable bonds is 3. The second-order valence-electron chi connectivity index (χ2n) is 6.17. The van der Waals surface area contributed by atoms with Crippen molar-refractivity contribution in [2.75, 3.05) is 0 Å². The van der Waals surface area contributed by atoms with Crippen molar-refractivity contribution in [1.29, 1.82) is 0 Å². The summed E-state index contributed by atoms with van der Waals surface area (Å²) in [6.07, 6.45) is 11.2. The van der Waals surface area contributed by atoms with Crippen molar-refractivity contribution in [1.82, 2.24) is 19.5 Å². The van der Waals surface area contributed by atoms with Gasteiger partial charge in [-0.3, -0.25) is 0 Å². The van der Waals surface area contributed by atoms with E-state index >= 15 is 0 Å². The van der Waals surface area contributed by atoms with Gasteiger partial charge in [0.2, 0.25) is 0 Å². The summed E-state index contributed by atoms with van der Waals surface area (Å²) >= 11 is 0. The number of pyridine rings is 1. The van der Waals surface area contributed by atoms with Crippen LogP contribution in [0.4, 0.5) is 8.78 Å². The van der Waals surface area contributed by atoms with Crippen LogP contribution in [0, 0.1) is 16.8 Å². The molecular formula is C19H11F2N5O. The Hall–Kier alpha value is -3.68. The van der Waals surface area contributed by atoms with E-state index < -0.39 is 11.6 Å². The van der Waals surface area contributed by atoms with Gasteiger partial charge in [-0.05, 0) is 6.07 Å². The molecule has 8 heteroatoms. The molecule has 3 heterocycles. The molecule has 0 spiro atoms. The van der Waals surface area contributed by atoms with Crippen LogP contribution in [0.1, 0.15) is 11.4 Å². The number of nitrogens with zero attached hydrogens (tertiary/aromatic N) is 5. The number of aromatic nitrogens is 5. The van der Waals surface area contributed by atoms with E-state index in [4.69, 9.17) is 0 Å². The molecule has 27 heavy (non-hydrogen) atoms. The van der Waals surface area contributed by atoms with E-state index in [9.17, 15) is 14.0 Å². The van der Waals surface area contributed by atoms with Gasteiger partial charge in [0.1, 0.15) is 5.82 Å². The number of benzene rings is 1. The Morgan fingerprint density at radius 1 is 1.07 bits per heavy atom. The van der Waals surface area contributed by atoms with Crippen LogP contribution >= 0.6 is 0 Å². The number of hydrogen-bond donors (Lipinski definition) is 0. The molecule has 0 fully saturated rings. The molecule has 0 unspecified atom stereocenters. The monoisotopic (exact) mass is 363 g/mol. The molecule has 1 aromatic carbocycles. The molecule has 3 aromatic heterocycles. The molecule has 0 bridgehead atoms. The highest BCUT2D eigenvalue weighted by atomic mass is 19.2. The number of hydrogen-bond acceptors (Lipinski definition) is 4. The molecule has 1 aliphatic rings. The highest BCUT2D eigenvalue weighted by Crippen LogP contribution is 2.27. The van der Waals surface area contributed by atoms with E-state index in [2.05, 4.69) is 15.0 Å². The van der Waals surface area contributed by atoms with Gasteiger partial charge in [-0.1, -0.05) is 24.3 Å². The van der Waals surface area contributed by atoms with E-state index in [0.717, 1.165) is 17.8 Å². The summed E-state index contributed by atoms with van der Waals surface area (Å²) < 4.78 is 30.1. The Labute approximate surface area is 151 Å². The molecule has 0 N–H and O–H groups in total. The van der Waals surface area contributed by atoms with Crippen LogP contribution in [-0.2, 0) is 6.54 Å². The highest BCUT2D eigenvalue weighted by molar-refractivity contribution is 5.86.